The summed E-state index contributed by atoms with van der Waals surface area (Å²) in [6.07, 6.45) is 4.14. The zero-order valence-corrected chi connectivity index (χ0v) is 19.6. The van der Waals surface area contributed by atoms with Crippen LogP contribution in [0.1, 0.15) is 66.2 Å². The molecule has 3 rings (SSSR count). The molecule has 33 heavy (non-hydrogen) atoms. The van der Waals surface area contributed by atoms with E-state index in [0.29, 0.717) is 42.1 Å². The number of carbonyl (C=O) groups is 3. The maximum Gasteiger partial charge on any atom is 0.308 e. The third kappa shape index (κ3) is 7.60. The second-order valence-corrected chi connectivity index (χ2v) is 8.59. The van der Waals surface area contributed by atoms with E-state index in [0.717, 1.165) is 31.4 Å². The number of rotatable bonds is 10. The van der Waals surface area contributed by atoms with Gasteiger partial charge in [-0.1, -0.05) is 11.6 Å². The Bertz CT molecular complexity index is 934. The third-order valence-electron chi connectivity index (χ3n) is 5.75. The first-order chi connectivity index (χ1) is 16.0. The van der Waals surface area contributed by atoms with Crippen LogP contribution in [0.4, 0.5) is 0 Å². The first-order valence-corrected chi connectivity index (χ1v) is 11.8. The van der Waals surface area contributed by atoms with Gasteiger partial charge < -0.3 is 14.8 Å². The molecule has 0 radical (unpaired) electrons. The number of ether oxygens (including phenoxy) is 2. The van der Waals surface area contributed by atoms with Crippen molar-refractivity contribution < 1.29 is 23.9 Å². The van der Waals surface area contributed by atoms with E-state index in [1.54, 1.807) is 36.4 Å². The minimum absolute atomic E-state index is 0.0252. The molecule has 0 atom stereocenters. The van der Waals surface area contributed by atoms with Crippen LogP contribution >= 0.6 is 11.6 Å². The zero-order valence-electron chi connectivity index (χ0n) is 18.8. The van der Waals surface area contributed by atoms with Gasteiger partial charge in [0.15, 0.2) is 5.78 Å². The Labute approximate surface area is 199 Å². The number of halogens is 1. The predicted molar refractivity (Wildman–Crippen MR) is 127 cm³/mol. The van der Waals surface area contributed by atoms with Crippen LogP contribution in [0.3, 0.4) is 0 Å². The topological polar surface area (TPSA) is 81.7 Å². The van der Waals surface area contributed by atoms with Crippen molar-refractivity contribution in [1.82, 2.24) is 5.32 Å². The van der Waals surface area contributed by atoms with E-state index in [2.05, 4.69) is 5.32 Å². The molecule has 0 aliphatic heterocycles. The molecule has 176 valence electrons. The average Bonchev–Trinajstić information content (AvgIpc) is 2.83. The van der Waals surface area contributed by atoms with Gasteiger partial charge in [-0.2, -0.15) is 0 Å². The van der Waals surface area contributed by atoms with Gasteiger partial charge in [0.1, 0.15) is 5.75 Å². The fourth-order valence-electron chi connectivity index (χ4n) is 3.89. The van der Waals surface area contributed by atoms with Gasteiger partial charge in [0.2, 0.25) is 0 Å². The van der Waals surface area contributed by atoms with Gasteiger partial charge in [-0.05, 0) is 87.6 Å². The number of amides is 1. The van der Waals surface area contributed by atoms with Gasteiger partial charge in [-0.25, -0.2) is 0 Å². The predicted octanol–water partition coefficient (Wildman–Crippen LogP) is 5.23. The number of ketones is 1. The van der Waals surface area contributed by atoms with Crippen LogP contribution in [0.2, 0.25) is 5.02 Å². The molecular formula is C26H30ClNO5. The van der Waals surface area contributed by atoms with Gasteiger partial charge in [-0.3, -0.25) is 14.4 Å². The van der Waals surface area contributed by atoms with Crippen LogP contribution < -0.4 is 10.1 Å². The molecule has 1 fully saturated rings. The standard InChI is InChI=1S/C26H30ClNO5/c1-2-32-26(31)20-9-15-23(16-10-20)33-22-13-7-18(8-14-22)24(29)4-3-17-28-25(30)19-5-11-21(27)12-6-19/h5-8,11-14,20,23H,2-4,9-10,15-17H2,1H3,(H,28,30). The summed E-state index contributed by atoms with van der Waals surface area (Å²) < 4.78 is 11.1. The highest BCUT2D eigenvalue weighted by Crippen LogP contribution is 2.28. The molecule has 0 aromatic heterocycles. The first-order valence-electron chi connectivity index (χ1n) is 11.5. The fraction of sp³-hybridized carbons (Fsp3) is 0.423. The van der Waals surface area contributed by atoms with Crippen molar-refractivity contribution >= 4 is 29.3 Å². The monoisotopic (exact) mass is 471 g/mol. The second-order valence-electron chi connectivity index (χ2n) is 8.16. The second kappa shape index (κ2) is 12.4. The molecule has 0 bridgehead atoms. The normalized spacial score (nSPS) is 17.8. The van der Waals surface area contributed by atoms with Gasteiger partial charge in [0.25, 0.3) is 5.91 Å². The van der Waals surface area contributed by atoms with E-state index in [-0.39, 0.29) is 29.7 Å². The number of benzene rings is 2. The molecule has 7 heteroatoms. The van der Waals surface area contributed by atoms with E-state index in [1.165, 1.54) is 0 Å². The van der Waals surface area contributed by atoms with Crippen molar-refractivity contribution in [3.8, 4) is 5.75 Å². The van der Waals surface area contributed by atoms with Gasteiger partial charge >= 0.3 is 5.97 Å². The molecule has 2 aromatic carbocycles. The summed E-state index contributed by atoms with van der Waals surface area (Å²) in [5.41, 5.74) is 1.16. The van der Waals surface area contributed by atoms with E-state index in [4.69, 9.17) is 21.1 Å². The number of nitrogens with one attached hydrogen (secondary N) is 1. The minimum atomic E-state index is -0.183. The molecule has 0 saturated heterocycles. The Hall–Kier alpha value is -2.86. The van der Waals surface area contributed by atoms with Crippen LogP contribution in [0.25, 0.3) is 0 Å². The van der Waals surface area contributed by atoms with Gasteiger partial charge in [0.05, 0.1) is 18.6 Å². The number of hydrogen-bond donors (Lipinski definition) is 1. The van der Waals surface area contributed by atoms with Crippen molar-refractivity contribution in [3.05, 3.63) is 64.7 Å². The molecule has 0 unspecified atom stereocenters. The molecule has 1 aliphatic carbocycles. The fourth-order valence-corrected chi connectivity index (χ4v) is 4.01. The highest BCUT2D eigenvalue weighted by molar-refractivity contribution is 6.30. The zero-order chi connectivity index (χ0) is 23.6. The molecule has 0 heterocycles. The molecule has 1 amide bonds. The van der Waals surface area contributed by atoms with Crippen LogP contribution in [-0.4, -0.2) is 36.9 Å². The van der Waals surface area contributed by atoms with Crippen LogP contribution in [-0.2, 0) is 9.53 Å². The lowest BCUT2D eigenvalue weighted by molar-refractivity contribution is -0.149. The van der Waals surface area contributed by atoms with E-state index in [1.807, 2.05) is 19.1 Å². The quantitative estimate of drug-likeness (QED) is 0.291. The summed E-state index contributed by atoms with van der Waals surface area (Å²) in [5.74, 6) is 0.430. The van der Waals surface area contributed by atoms with Crippen LogP contribution in [0.15, 0.2) is 48.5 Å². The van der Waals surface area contributed by atoms with Crippen LogP contribution in [0, 0.1) is 5.92 Å². The third-order valence-corrected chi connectivity index (χ3v) is 6.00. The minimum Gasteiger partial charge on any atom is -0.490 e. The molecular weight excluding hydrogens is 442 g/mol. The molecule has 0 spiro atoms. The van der Waals surface area contributed by atoms with Crippen molar-refractivity contribution in [2.45, 2.75) is 51.6 Å². The van der Waals surface area contributed by atoms with E-state index >= 15 is 0 Å². The van der Waals surface area contributed by atoms with Crippen molar-refractivity contribution in [3.63, 3.8) is 0 Å². The number of carbonyl (C=O) groups excluding carboxylic acids is 3. The van der Waals surface area contributed by atoms with Crippen LogP contribution in [0.5, 0.6) is 5.75 Å². The summed E-state index contributed by atoms with van der Waals surface area (Å²) >= 11 is 5.83. The molecule has 2 aromatic rings. The summed E-state index contributed by atoms with van der Waals surface area (Å²) in [4.78, 5) is 36.4. The van der Waals surface area contributed by atoms with E-state index in [9.17, 15) is 14.4 Å². The van der Waals surface area contributed by atoms with E-state index < -0.39 is 0 Å². The Morgan fingerprint density at radius 2 is 1.58 bits per heavy atom. The maximum absolute atomic E-state index is 12.4. The van der Waals surface area contributed by atoms with Crippen molar-refractivity contribution in [2.75, 3.05) is 13.2 Å². The summed E-state index contributed by atoms with van der Waals surface area (Å²) in [5, 5.41) is 3.39. The van der Waals surface area contributed by atoms with Crippen molar-refractivity contribution in [2.24, 2.45) is 5.92 Å². The van der Waals surface area contributed by atoms with Crippen molar-refractivity contribution in [1.29, 1.82) is 0 Å². The largest absolute Gasteiger partial charge is 0.490 e. The lowest BCUT2D eigenvalue weighted by Crippen LogP contribution is -2.29. The lowest BCUT2D eigenvalue weighted by atomic mass is 9.87. The number of hydrogen-bond acceptors (Lipinski definition) is 5. The molecule has 6 nitrogen and oxygen atoms in total. The lowest BCUT2D eigenvalue weighted by Gasteiger charge is -2.27. The van der Waals surface area contributed by atoms with Gasteiger partial charge in [-0.15, -0.1) is 0 Å². The van der Waals surface area contributed by atoms with Gasteiger partial charge in [0, 0.05) is 29.1 Å². The number of esters is 1. The summed E-state index contributed by atoms with van der Waals surface area (Å²) in [6.45, 7) is 2.66. The number of Topliss-reactive ketones (excluding diaryl/α,β-unsaturated/α-hetero) is 1. The maximum atomic E-state index is 12.4. The molecule has 1 saturated carbocycles. The highest BCUT2D eigenvalue weighted by atomic mass is 35.5. The Kier molecular flexibility index (Phi) is 9.31. The molecule has 1 aliphatic rings. The smallest absolute Gasteiger partial charge is 0.308 e. The summed E-state index contributed by atoms with van der Waals surface area (Å²) in [6, 6.07) is 13.8. The highest BCUT2D eigenvalue weighted by Gasteiger charge is 2.28. The SMILES string of the molecule is CCOC(=O)C1CCC(Oc2ccc(C(=O)CCCNC(=O)c3ccc(Cl)cc3)cc2)CC1. The summed E-state index contributed by atoms with van der Waals surface area (Å²) in [7, 11) is 0. The Balaban J connectivity index is 1.37. The Morgan fingerprint density at radius 1 is 0.939 bits per heavy atom. The first kappa shape index (κ1) is 24.8. The Morgan fingerprint density at radius 3 is 2.21 bits per heavy atom. The molecule has 1 N–H and O–H groups in total. The average molecular weight is 472 g/mol.